The van der Waals surface area contributed by atoms with E-state index in [0.717, 1.165) is 26.2 Å². The number of hydrazone groups is 1. The number of hydrogen-bond donors (Lipinski definition) is 2. The summed E-state index contributed by atoms with van der Waals surface area (Å²) in [5, 5.41) is 13.9. The van der Waals surface area contributed by atoms with Gasteiger partial charge in [-0.1, -0.05) is 24.3 Å². The zero-order valence-electron chi connectivity index (χ0n) is 16.0. The van der Waals surface area contributed by atoms with E-state index in [0.29, 0.717) is 24.3 Å². The zero-order valence-corrected chi connectivity index (χ0v) is 16.0. The molecule has 3 rings (SSSR count). The van der Waals surface area contributed by atoms with Gasteiger partial charge in [0.15, 0.2) is 11.5 Å². The highest BCUT2D eigenvalue weighted by molar-refractivity contribution is 5.86. The number of rotatable bonds is 7. The molecule has 0 aliphatic carbocycles. The van der Waals surface area contributed by atoms with Crippen LogP contribution in [-0.4, -0.2) is 62.0 Å². The first-order valence-corrected chi connectivity index (χ1v) is 9.37. The van der Waals surface area contributed by atoms with Gasteiger partial charge in [-0.3, -0.25) is 9.69 Å². The Kier molecular flexibility index (Phi) is 6.86. The normalized spacial score (nSPS) is 15.0. The van der Waals surface area contributed by atoms with Crippen molar-refractivity contribution >= 4 is 17.8 Å². The number of methoxy groups -OCH3 is 1. The Morgan fingerprint density at radius 2 is 1.89 bits per heavy atom. The Balaban J connectivity index is 1.39. The predicted molar refractivity (Wildman–Crippen MR) is 110 cm³/mol. The van der Waals surface area contributed by atoms with Crippen LogP contribution in [0.3, 0.4) is 0 Å². The van der Waals surface area contributed by atoms with Gasteiger partial charge in [0, 0.05) is 50.4 Å². The van der Waals surface area contributed by atoms with E-state index in [1.54, 1.807) is 18.2 Å². The number of carbonyl (C=O) groups is 1. The van der Waals surface area contributed by atoms with Crippen LogP contribution < -0.4 is 15.1 Å². The summed E-state index contributed by atoms with van der Waals surface area (Å²) in [6.45, 7) is 4.48. The molecule has 1 saturated heterocycles. The molecule has 2 aromatic rings. The fourth-order valence-electron chi connectivity index (χ4n) is 3.17. The Morgan fingerprint density at radius 1 is 1.14 bits per heavy atom. The second-order valence-corrected chi connectivity index (χ2v) is 6.61. The summed E-state index contributed by atoms with van der Waals surface area (Å²) in [7, 11) is 1.48. The van der Waals surface area contributed by atoms with Crippen LogP contribution in [0.25, 0.3) is 0 Å². The van der Waals surface area contributed by atoms with Crippen molar-refractivity contribution in [1.82, 2.24) is 10.3 Å². The van der Waals surface area contributed by atoms with E-state index in [2.05, 4.69) is 44.6 Å². The Labute approximate surface area is 165 Å². The van der Waals surface area contributed by atoms with E-state index < -0.39 is 0 Å². The molecular weight excluding hydrogens is 356 g/mol. The highest BCUT2D eigenvalue weighted by Gasteiger charge is 2.17. The van der Waals surface area contributed by atoms with Gasteiger partial charge in [-0.2, -0.15) is 5.10 Å². The lowest BCUT2D eigenvalue weighted by Gasteiger charge is -2.36. The monoisotopic (exact) mass is 382 g/mol. The van der Waals surface area contributed by atoms with Gasteiger partial charge in [0.05, 0.1) is 13.3 Å². The average molecular weight is 382 g/mol. The van der Waals surface area contributed by atoms with E-state index in [4.69, 9.17) is 4.74 Å². The largest absolute Gasteiger partial charge is 0.504 e. The van der Waals surface area contributed by atoms with Crippen LogP contribution in [0.1, 0.15) is 12.0 Å². The molecule has 2 N–H and O–H groups in total. The molecule has 1 amide bonds. The van der Waals surface area contributed by atoms with E-state index in [-0.39, 0.29) is 11.7 Å². The van der Waals surface area contributed by atoms with Crippen molar-refractivity contribution in [2.45, 2.75) is 6.42 Å². The number of hydrogen-bond acceptors (Lipinski definition) is 6. The summed E-state index contributed by atoms with van der Waals surface area (Å²) in [5.41, 5.74) is 4.24. The van der Waals surface area contributed by atoms with Crippen LogP contribution in [-0.2, 0) is 4.79 Å². The van der Waals surface area contributed by atoms with Gasteiger partial charge >= 0.3 is 0 Å². The first-order chi connectivity index (χ1) is 13.7. The molecule has 1 heterocycles. The first kappa shape index (κ1) is 19.7. The summed E-state index contributed by atoms with van der Waals surface area (Å²) in [5.74, 6) is 0.216. The van der Waals surface area contributed by atoms with Gasteiger partial charge in [-0.15, -0.1) is 0 Å². The van der Waals surface area contributed by atoms with E-state index in [1.807, 2.05) is 6.07 Å². The maximum Gasteiger partial charge on any atom is 0.241 e. The molecule has 0 spiro atoms. The molecule has 1 aliphatic heterocycles. The quantitative estimate of drug-likeness (QED) is 0.566. The van der Waals surface area contributed by atoms with Gasteiger partial charge in [0.2, 0.25) is 5.91 Å². The summed E-state index contributed by atoms with van der Waals surface area (Å²) in [6.07, 6.45) is 1.79. The molecular formula is C21H26N4O3. The van der Waals surface area contributed by atoms with Crippen molar-refractivity contribution in [3.05, 3.63) is 54.1 Å². The number of nitrogens with zero attached hydrogens (tertiary/aromatic N) is 3. The first-order valence-electron chi connectivity index (χ1n) is 9.37. The number of carbonyl (C=O) groups excluding carboxylic acids is 1. The average Bonchev–Trinajstić information content (AvgIpc) is 2.74. The van der Waals surface area contributed by atoms with E-state index in [9.17, 15) is 9.90 Å². The van der Waals surface area contributed by atoms with Crippen LogP contribution in [0, 0.1) is 0 Å². The van der Waals surface area contributed by atoms with Gasteiger partial charge in [-0.05, 0) is 24.3 Å². The summed E-state index contributed by atoms with van der Waals surface area (Å²) in [4.78, 5) is 16.7. The molecule has 7 nitrogen and oxygen atoms in total. The summed E-state index contributed by atoms with van der Waals surface area (Å²) in [6, 6.07) is 15.5. The number of piperazine rings is 1. The standard InChI is InChI=1S/C21H26N4O3/c1-28-19-9-5-6-17(21(19)27)16-22-23-20(26)10-11-24-12-14-25(15-13-24)18-7-3-2-4-8-18/h2-9,16,27H,10-15H2,1H3,(H,23,26)/b22-16+. The number of para-hydroxylation sites is 2. The number of benzene rings is 2. The van der Waals surface area contributed by atoms with Crippen molar-refractivity contribution in [2.24, 2.45) is 5.10 Å². The van der Waals surface area contributed by atoms with E-state index in [1.165, 1.54) is 19.0 Å². The van der Waals surface area contributed by atoms with Crippen LogP contribution in [0.5, 0.6) is 11.5 Å². The van der Waals surface area contributed by atoms with Crippen LogP contribution >= 0.6 is 0 Å². The number of aromatic hydroxyl groups is 1. The minimum atomic E-state index is -0.149. The number of phenols is 1. The number of phenolic OH excluding ortho intramolecular Hbond substituents is 1. The number of anilines is 1. The fraction of sp³-hybridized carbons (Fsp3) is 0.333. The van der Waals surface area contributed by atoms with Crippen molar-refractivity contribution in [3.8, 4) is 11.5 Å². The van der Waals surface area contributed by atoms with Gasteiger partial charge in [0.1, 0.15) is 0 Å². The zero-order chi connectivity index (χ0) is 19.8. The molecule has 7 heteroatoms. The molecule has 1 fully saturated rings. The topological polar surface area (TPSA) is 77.4 Å². The minimum Gasteiger partial charge on any atom is -0.504 e. The van der Waals surface area contributed by atoms with Crippen molar-refractivity contribution in [1.29, 1.82) is 0 Å². The SMILES string of the molecule is COc1cccc(/C=N/NC(=O)CCN2CCN(c3ccccc3)CC2)c1O. The summed E-state index contributed by atoms with van der Waals surface area (Å²) >= 11 is 0. The summed E-state index contributed by atoms with van der Waals surface area (Å²) < 4.78 is 5.05. The molecule has 2 aromatic carbocycles. The third-order valence-electron chi connectivity index (χ3n) is 4.79. The van der Waals surface area contributed by atoms with Gasteiger partial charge < -0.3 is 14.7 Å². The fourth-order valence-corrected chi connectivity index (χ4v) is 3.17. The molecule has 148 valence electrons. The second kappa shape index (κ2) is 9.75. The minimum absolute atomic E-state index is 0.000661. The van der Waals surface area contributed by atoms with Crippen LogP contribution in [0.4, 0.5) is 5.69 Å². The Morgan fingerprint density at radius 3 is 2.61 bits per heavy atom. The van der Waals surface area contributed by atoms with Gasteiger partial charge in [0.25, 0.3) is 0 Å². The number of amides is 1. The molecule has 0 aromatic heterocycles. The molecule has 0 bridgehead atoms. The molecule has 0 radical (unpaired) electrons. The highest BCUT2D eigenvalue weighted by Crippen LogP contribution is 2.27. The third kappa shape index (κ3) is 5.23. The molecule has 0 unspecified atom stereocenters. The third-order valence-corrected chi connectivity index (χ3v) is 4.79. The predicted octanol–water partition coefficient (Wildman–Crippen LogP) is 2.06. The van der Waals surface area contributed by atoms with Crippen LogP contribution in [0.2, 0.25) is 0 Å². The number of nitrogens with one attached hydrogen (secondary N) is 1. The molecule has 1 aliphatic rings. The van der Waals surface area contributed by atoms with Gasteiger partial charge in [-0.25, -0.2) is 5.43 Å². The molecule has 0 atom stereocenters. The highest BCUT2D eigenvalue weighted by atomic mass is 16.5. The molecule has 28 heavy (non-hydrogen) atoms. The number of ether oxygens (including phenoxy) is 1. The lowest BCUT2D eigenvalue weighted by molar-refractivity contribution is -0.121. The second-order valence-electron chi connectivity index (χ2n) is 6.61. The van der Waals surface area contributed by atoms with Crippen molar-refractivity contribution in [2.75, 3.05) is 44.7 Å². The Bertz CT molecular complexity index is 803. The smallest absolute Gasteiger partial charge is 0.241 e. The lowest BCUT2D eigenvalue weighted by Crippen LogP contribution is -2.47. The maximum atomic E-state index is 12.0. The van der Waals surface area contributed by atoms with Crippen molar-refractivity contribution in [3.63, 3.8) is 0 Å². The van der Waals surface area contributed by atoms with Crippen LogP contribution in [0.15, 0.2) is 53.6 Å². The maximum absolute atomic E-state index is 12.0. The van der Waals surface area contributed by atoms with E-state index >= 15 is 0 Å². The molecule has 0 saturated carbocycles. The van der Waals surface area contributed by atoms with Crippen molar-refractivity contribution < 1.29 is 14.6 Å². The lowest BCUT2D eigenvalue weighted by atomic mass is 10.2. The Hall–Kier alpha value is -3.06.